The largest absolute Gasteiger partial charge is 0.296 e. The Kier molecular flexibility index (Phi) is 2.86. The fourth-order valence-corrected chi connectivity index (χ4v) is 1.77. The molecule has 0 aliphatic carbocycles. The minimum absolute atomic E-state index is 0.485. The molecule has 0 amide bonds. The molecule has 2 aromatic rings. The summed E-state index contributed by atoms with van der Waals surface area (Å²) in [5, 5.41) is 4.20. The number of hydrogen-bond acceptors (Lipinski definition) is 2. The SMILES string of the molecule is CCn1nc(C=O)cc1-c1cccc(C)c1. The van der Waals surface area contributed by atoms with Crippen molar-refractivity contribution in [1.29, 1.82) is 0 Å². The molecule has 2 rings (SSSR count). The van der Waals surface area contributed by atoms with Gasteiger partial charge in [0.2, 0.25) is 0 Å². The van der Waals surface area contributed by atoms with Gasteiger partial charge < -0.3 is 0 Å². The van der Waals surface area contributed by atoms with Crippen LogP contribution in [-0.2, 0) is 6.54 Å². The van der Waals surface area contributed by atoms with Gasteiger partial charge in [-0.05, 0) is 26.0 Å². The molecule has 0 N–H and O–H groups in total. The van der Waals surface area contributed by atoms with E-state index in [2.05, 4.69) is 24.2 Å². The molecular formula is C13H14N2O. The van der Waals surface area contributed by atoms with E-state index in [9.17, 15) is 4.79 Å². The van der Waals surface area contributed by atoms with E-state index in [0.29, 0.717) is 5.69 Å². The van der Waals surface area contributed by atoms with Gasteiger partial charge in [-0.15, -0.1) is 0 Å². The summed E-state index contributed by atoms with van der Waals surface area (Å²) >= 11 is 0. The molecule has 0 saturated carbocycles. The van der Waals surface area contributed by atoms with Gasteiger partial charge in [0, 0.05) is 12.1 Å². The minimum Gasteiger partial charge on any atom is -0.296 e. The Morgan fingerprint density at radius 2 is 2.19 bits per heavy atom. The average molecular weight is 214 g/mol. The number of aromatic nitrogens is 2. The summed E-state index contributed by atoms with van der Waals surface area (Å²) in [5.74, 6) is 0. The number of aryl methyl sites for hydroxylation is 2. The molecule has 0 saturated heterocycles. The van der Waals surface area contributed by atoms with Crippen LogP contribution in [0.15, 0.2) is 30.3 Å². The second kappa shape index (κ2) is 4.31. The third-order valence-electron chi connectivity index (χ3n) is 2.53. The Bertz CT molecular complexity index is 514. The van der Waals surface area contributed by atoms with Crippen molar-refractivity contribution < 1.29 is 4.79 Å². The maximum Gasteiger partial charge on any atom is 0.170 e. The van der Waals surface area contributed by atoms with Crippen molar-refractivity contribution in [3.05, 3.63) is 41.6 Å². The molecule has 0 aliphatic heterocycles. The zero-order valence-corrected chi connectivity index (χ0v) is 9.47. The fourth-order valence-electron chi connectivity index (χ4n) is 1.77. The number of carbonyl (C=O) groups is 1. The topological polar surface area (TPSA) is 34.9 Å². The normalized spacial score (nSPS) is 10.4. The zero-order valence-electron chi connectivity index (χ0n) is 9.47. The third-order valence-corrected chi connectivity index (χ3v) is 2.53. The summed E-state index contributed by atoms with van der Waals surface area (Å²) in [5.41, 5.74) is 3.78. The molecule has 1 aromatic heterocycles. The van der Waals surface area contributed by atoms with Crippen molar-refractivity contribution in [2.24, 2.45) is 0 Å². The zero-order chi connectivity index (χ0) is 11.5. The van der Waals surface area contributed by atoms with Crippen LogP contribution < -0.4 is 0 Å². The molecule has 3 nitrogen and oxygen atoms in total. The number of aldehydes is 1. The molecule has 82 valence electrons. The highest BCUT2D eigenvalue weighted by Crippen LogP contribution is 2.21. The van der Waals surface area contributed by atoms with Crippen LogP contribution >= 0.6 is 0 Å². The summed E-state index contributed by atoms with van der Waals surface area (Å²) in [6.07, 6.45) is 0.783. The van der Waals surface area contributed by atoms with Crippen LogP contribution in [0.25, 0.3) is 11.3 Å². The molecule has 0 unspecified atom stereocenters. The third kappa shape index (κ3) is 1.89. The van der Waals surface area contributed by atoms with Crippen molar-refractivity contribution in [1.82, 2.24) is 9.78 Å². The second-order valence-corrected chi connectivity index (χ2v) is 3.76. The molecule has 0 spiro atoms. The van der Waals surface area contributed by atoms with Crippen molar-refractivity contribution in [3.8, 4) is 11.3 Å². The monoisotopic (exact) mass is 214 g/mol. The quantitative estimate of drug-likeness (QED) is 0.736. The van der Waals surface area contributed by atoms with Crippen molar-refractivity contribution >= 4 is 6.29 Å². The number of benzene rings is 1. The van der Waals surface area contributed by atoms with Crippen molar-refractivity contribution in [2.75, 3.05) is 0 Å². The van der Waals surface area contributed by atoms with Gasteiger partial charge in [-0.25, -0.2) is 0 Å². The molecule has 16 heavy (non-hydrogen) atoms. The van der Waals surface area contributed by atoms with Crippen LogP contribution in [-0.4, -0.2) is 16.1 Å². The fraction of sp³-hybridized carbons (Fsp3) is 0.231. The van der Waals surface area contributed by atoms with E-state index in [4.69, 9.17) is 0 Å². The summed E-state index contributed by atoms with van der Waals surface area (Å²) < 4.78 is 1.85. The maximum atomic E-state index is 10.7. The van der Waals surface area contributed by atoms with Crippen molar-refractivity contribution in [2.45, 2.75) is 20.4 Å². The second-order valence-electron chi connectivity index (χ2n) is 3.76. The van der Waals surface area contributed by atoms with E-state index in [0.717, 1.165) is 24.1 Å². The lowest BCUT2D eigenvalue weighted by Gasteiger charge is -2.04. The first-order chi connectivity index (χ1) is 7.74. The first-order valence-electron chi connectivity index (χ1n) is 5.34. The first-order valence-corrected chi connectivity index (χ1v) is 5.34. The van der Waals surface area contributed by atoms with Gasteiger partial charge in [0.25, 0.3) is 0 Å². The van der Waals surface area contributed by atoms with E-state index in [1.807, 2.05) is 29.8 Å². The Hall–Kier alpha value is -1.90. The van der Waals surface area contributed by atoms with Gasteiger partial charge in [0.1, 0.15) is 5.69 Å². The van der Waals surface area contributed by atoms with Gasteiger partial charge in [-0.3, -0.25) is 9.48 Å². The van der Waals surface area contributed by atoms with E-state index < -0.39 is 0 Å². The van der Waals surface area contributed by atoms with Crippen LogP contribution in [0, 0.1) is 6.92 Å². The standard InChI is InChI=1S/C13H14N2O/c1-3-15-13(8-12(9-16)14-15)11-6-4-5-10(2)7-11/h4-9H,3H2,1-2H3. The van der Waals surface area contributed by atoms with E-state index in [-0.39, 0.29) is 0 Å². The van der Waals surface area contributed by atoms with Gasteiger partial charge in [0.15, 0.2) is 6.29 Å². The van der Waals surface area contributed by atoms with Gasteiger partial charge in [-0.1, -0.05) is 23.8 Å². The predicted octanol–water partition coefficient (Wildman–Crippen LogP) is 2.69. The molecule has 0 fully saturated rings. The lowest BCUT2D eigenvalue weighted by molar-refractivity contribution is 0.111. The van der Waals surface area contributed by atoms with Gasteiger partial charge in [0.05, 0.1) is 5.69 Å². The van der Waals surface area contributed by atoms with E-state index in [1.54, 1.807) is 0 Å². The highest BCUT2D eigenvalue weighted by Gasteiger charge is 2.08. The Morgan fingerprint density at radius 1 is 1.38 bits per heavy atom. The summed E-state index contributed by atoms with van der Waals surface area (Å²) in [6.45, 7) is 4.83. The lowest BCUT2D eigenvalue weighted by Crippen LogP contribution is -1.99. The van der Waals surface area contributed by atoms with E-state index >= 15 is 0 Å². The highest BCUT2D eigenvalue weighted by atomic mass is 16.1. The molecule has 0 atom stereocenters. The predicted molar refractivity (Wildman–Crippen MR) is 63.5 cm³/mol. The Labute approximate surface area is 94.7 Å². The molecule has 3 heteroatoms. The average Bonchev–Trinajstić information content (AvgIpc) is 2.72. The summed E-state index contributed by atoms with van der Waals surface area (Å²) in [7, 11) is 0. The van der Waals surface area contributed by atoms with Crippen LogP contribution in [0.2, 0.25) is 0 Å². The smallest absolute Gasteiger partial charge is 0.170 e. The van der Waals surface area contributed by atoms with Crippen molar-refractivity contribution in [3.63, 3.8) is 0 Å². The Balaban J connectivity index is 2.54. The number of hydrogen-bond donors (Lipinski definition) is 0. The highest BCUT2D eigenvalue weighted by molar-refractivity contribution is 5.75. The van der Waals surface area contributed by atoms with Crippen LogP contribution in [0.4, 0.5) is 0 Å². The van der Waals surface area contributed by atoms with Crippen LogP contribution in [0.1, 0.15) is 23.0 Å². The van der Waals surface area contributed by atoms with Crippen LogP contribution in [0.5, 0.6) is 0 Å². The van der Waals surface area contributed by atoms with Crippen LogP contribution in [0.3, 0.4) is 0 Å². The van der Waals surface area contributed by atoms with Gasteiger partial charge in [-0.2, -0.15) is 5.10 Å². The first kappa shape index (κ1) is 10.6. The molecule has 1 aromatic carbocycles. The molecular weight excluding hydrogens is 200 g/mol. The molecule has 0 aliphatic rings. The summed E-state index contributed by atoms with van der Waals surface area (Å²) in [4.78, 5) is 10.7. The lowest BCUT2D eigenvalue weighted by atomic mass is 10.1. The number of nitrogens with zero attached hydrogens (tertiary/aromatic N) is 2. The number of carbonyl (C=O) groups excluding carboxylic acids is 1. The Morgan fingerprint density at radius 3 is 2.81 bits per heavy atom. The van der Waals surface area contributed by atoms with E-state index in [1.165, 1.54) is 5.56 Å². The molecule has 1 heterocycles. The molecule has 0 radical (unpaired) electrons. The minimum atomic E-state index is 0.485. The van der Waals surface area contributed by atoms with Gasteiger partial charge >= 0.3 is 0 Å². The summed E-state index contributed by atoms with van der Waals surface area (Å²) in [6, 6.07) is 10.0. The number of rotatable bonds is 3. The molecule has 0 bridgehead atoms. The maximum absolute atomic E-state index is 10.7.